The second-order valence-electron chi connectivity index (χ2n) is 5.35. The summed E-state index contributed by atoms with van der Waals surface area (Å²) in [4.78, 5) is 16.6. The molecule has 122 valence electrons. The van der Waals surface area contributed by atoms with Gasteiger partial charge in [0.25, 0.3) is 5.91 Å². The summed E-state index contributed by atoms with van der Waals surface area (Å²) in [6, 6.07) is 17.5. The van der Waals surface area contributed by atoms with E-state index in [1.54, 1.807) is 30.3 Å². The number of nitrogens with two attached hydrogens (primary N) is 1. The summed E-state index contributed by atoms with van der Waals surface area (Å²) in [6.07, 6.45) is 0. The van der Waals surface area contributed by atoms with Crippen LogP contribution in [0.4, 0.5) is 5.69 Å². The smallest absolute Gasteiger partial charge is 0.274 e. The van der Waals surface area contributed by atoms with Crippen molar-refractivity contribution < 1.29 is 13.2 Å². The molecule has 0 aliphatic heterocycles. The van der Waals surface area contributed by atoms with Gasteiger partial charge in [-0.3, -0.25) is 4.79 Å². The molecule has 0 aliphatic rings. The van der Waals surface area contributed by atoms with Gasteiger partial charge in [0, 0.05) is 11.1 Å². The van der Waals surface area contributed by atoms with Crippen LogP contribution in [0, 0.1) is 0 Å². The van der Waals surface area contributed by atoms with Gasteiger partial charge in [-0.1, -0.05) is 36.4 Å². The number of hydrogen-bond acceptors (Lipinski definition) is 4. The Morgan fingerprint density at radius 3 is 2.42 bits per heavy atom. The summed E-state index contributed by atoms with van der Waals surface area (Å²) < 4.78 is 22.1. The SMILES string of the molecule is NS(=O)(=O)Cc1ccc(NC(=O)c2ccc3ccccc3n2)cc1. The molecule has 3 N–H and O–H groups in total. The molecule has 0 spiro atoms. The van der Waals surface area contributed by atoms with Crippen LogP contribution in [-0.4, -0.2) is 19.3 Å². The average molecular weight is 341 g/mol. The Kier molecular flexibility index (Phi) is 4.28. The van der Waals surface area contributed by atoms with Crippen LogP contribution < -0.4 is 10.5 Å². The van der Waals surface area contributed by atoms with Gasteiger partial charge in [0.2, 0.25) is 10.0 Å². The van der Waals surface area contributed by atoms with E-state index in [4.69, 9.17) is 5.14 Å². The van der Waals surface area contributed by atoms with Gasteiger partial charge in [0.1, 0.15) is 5.69 Å². The van der Waals surface area contributed by atoms with Crippen LogP contribution in [0.25, 0.3) is 10.9 Å². The van der Waals surface area contributed by atoms with Gasteiger partial charge >= 0.3 is 0 Å². The van der Waals surface area contributed by atoms with Gasteiger partial charge in [-0.15, -0.1) is 0 Å². The highest BCUT2D eigenvalue weighted by molar-refractivity contribution is 7.88. The standard InChI is InChI=1S/C17H15N3O3S/c18-24(22,23)11-12-5-8-14(9-6-12)19-17(21)16-10-7-13-3-1-2-4-15(13)20-16/h1-10H,11H2,(H,19,21)(H2,18,22,23). The zero-order valence-electron chi connectivity index (χ0n) is 12.6. The molecule has 2 aromatic carbocycles. The van der Waals surface area contributed by atoms with Gasteiger partial charge in [-0.05, 0) is 29.8 Å². The molecular weight excluding hydrogens is 326 g/mol. The van der Waals surface area contributed by atoms with Crippen LogP contribution in [0.1, 0.15) is 16.1 Å². The highest BCUT2D eigenvalue weighted by Gasteiger charge is 2.09. The molecule has 1 heterocycles. The number of amides is 1. The van der Waals surface area contributed by atoms with Crippen molar-refractivity contribution in [2.24, 2.45) is 5.14 Å². The Bertz CT molecular complexity index is 999. The van der Waals surface area contributed by atoms with Crippen molar-refractivity contribution in [1.29, 1.82) is 0 Å². The molecule has 0 atom stereocenters. The molecule has 0 radical (unpaired) electrons. The molecule has 1 aromatic heterocycles. The molecule has 0 aliphatic carbocycles. The maximum atomic E-state index is 12.3. The van der Waals surface area contributed by atoms with E-state index in [1.807, 2.05) is 30.3 Å². The Morgan fingerprint density at radius 1 is 1.00 bits per heavy atom. The molecule has 0 saturated carbocycles. The predicted octanol–water partition coefficient (Wildman–Crippen LogP) is 2.28. The first kappa shape index (κ1) is 16.1. The summed E-state index contributed by atoms with van der Waals surface area (Å²) >= 11 is 0. The summed E-state index contributed by atoms with van der Waals surface area (Å²) in [7, 11) is -3.57. The Balaban J connectivity index is 1.76. The zero-order valence-corrected chi connectivity index (χ0v) is 13.5. The topological polar surface area (TPSA) is 102 Å². The minimum absolute atomic E-state index is 0.243. The largest absolute Gasteiger partial charge is 0.321 e. The van der Waals surface area contributed by atoms with Crippen molar-refractivity contribution in [2.45, 2.75) is 5.75 Å². The van der Waals surface area contributed by atoms with Crippen LogP contribution >= 0.6 is 0 Å². The molecular formula is C17H15N3O3S. The predicted molar refractivity (Wildman–Crippen MR) is 92.9 cm³/mol. The number of benzene rings is 2. The van der Waals surface area contributed by atoms with E-state index >= 15 is 0 Å². The lowest BCUT2D eigenvalue weighted by Crippen LogP contribution is -2.15. The maximum absolute atomic E-state index is 12.3. The lowest BCUT2D eigenvalue weighted by Gasteiger charge is -2.07. The van der Waals surface area contributed by atoms with Gasteiger partial charge in [0.05, 0.1) is 11.3 Å². The van der Waals surface area contributed by atoms with E-state index in [0.29, 0.717) is 16.9 Å². The number of primary sulfonamides is 1. The molecule has 0 unspecified atom stereocenters. The first-order valence-electron chi connectivity index (χ1n) is 7.17. The number of carbonyl (C=O) groups excluding carboxylic acids is 1. The molecule has 7 heteroatoms. The molecule has 0 bridgehead atoms. The van der Waals surface area contributed by atoms with Crippen molar-refractivity contribution >= 4 is 32.5 Å². The van der Waals surface area contributed by atoms with Gasteiger partial charge in [0.15, 0.2) is 0 Å². The fraction of sp³-hybridized carbons (Fsp3) is 0.0588. The van der Waals surface area contributed by atoms with Gasteiger partial charge in [-0.2, -0.15) is 0 Å². The number of anilines is 1. The molecule has 24 heavy (non-hydrogen) atoms. The third-order valence-corrected chi connectivity index (χ3v) is 4.15. The van der Waals surface area contributed by atoms with Crippen LogP contribution in [-0.2, 0) is 15.8 Å². The fourth-order valence-electron chi connectivity index (χ4n) is 2.30. The van der Waals surface area contributed by atoms with E-state index < -0.39 is 10.0 Å². The summed E-state index contributed by atoms with van der Waals surface area (Å²) in [6.45, 7) is 0. The third kappa shape index (κ3) is 3.95. The zero-order chi connectivity index (χ0) is 17.2. The highest BCUT2D eigenvalue weighted by atomic mass is 32.2. The number of carbonyl (C=O) groups is 1. The molecule has 0 fully saturated rings. The summed E-state index contributed by atoms with van der Waals surface area (Å²) in [5, 5.41) is 8.69. The number of nitrogens with one attached hydrogen (secondary N) is 1. The number of pyridine rings is 1. The number of fused-ring (bicyclic) bond motifs is 1. The average Bonchev–Trinajstić information content (AvgIpc) is 2.55. The van der Waals surface area contributed by atoms with Crippen LogP contribution in [0.2, 0.25) is 0 Å². The number of nitrogens with zero attached hydrogens (tertiary/aromatic N) is 1. The first-order chi connectivity index (χ1) is 11.4. The number of rotatable bonds is 4. The van der Waals surface area contributed by atoms with Gasteiger partial charge in [-0.25, -0.2) is 18.5 Å². The maximum Gasteiger partial charge on any atom is 0.274 e. The quantitative estimate of drug-likeness (QED) is 0.760. The molecule has 3 rings (SSSR count). The lowest BCUT2D eigenvalue weighted by atomic mass is 10.2. The monoisotopic (exact) mass is 341 g/mol. The molecule has 0 saturated heterocycles. The van der Waals surface area contributed by atoms with Crippen LogP contribution in [0.15, 0.2) is 60.7 Å². The van der Waals surface area contributed by atoms with Crippen molar-refractivity contribution in [3.8, 4) is 0 Å². The van der Waals surface area contributed by atoms with Crippen molar-refractivity contribution in [3.63, 3.8) is 0 Å². The molecule has 1 amide bonds. The minimum Gasteiger partial charge on any atom is -0.321 e. The van der Waals surface area contributed by atoms with E-state index in [1.165, 1.54) is 0 Å². The first-order valence-corrected chi connectivity index (χ1v) is 8.89. The van der Waals surface area contributed by atoms with Crippen LogP contribution in [0.3, 0.4) is 0 Å². The Morgan fingerprint density at radius 2 is 1.71 bits per heavy atom. The van der Waals surface area contributed by atoms with Crippen molar-refractivity contribution in [3.05, 3.63) is 71.9 Å². The second-order valence-corrected chi connectivity index (χ2v) is 6.96. The van der Waals surface area contributed by atoms with E-state index in [-0.39, 0.29) is 11.7 Å². The molecule has 3 aromatic rings. The number of aromatic nitrogens is 1. The van der Waals surface area contributed by atoms with E-state index in [9.17, 15) is 13.2 Å². The Labute approximate surface area is 139 Å². The lowest BCUT2D eigenvalue weighted by molar-refractivity contribution is 0.102. The fourth-order valence-corrected chi connectivity index (χ4v) is 2.96. The van der Waals surface area contributed by atoms with E-state index in [2.05, 4.69) is 10.3 Å². The Hall–Kier alpha value is -2.77. The number of sulfonamides is 1. The highest BCUT2D eigenvalue weighted by Crippen LogP contribution is 2.15. The van der Waals surface area contributed by atoms with Crippen molar-refractivity contribution in [1.82, 2.24) is 4.98 Å². The summed E-state index contributed by atoms with van der Waals surface area (Å²) in [5.74, 6) is -0.576. The third-order valence-electron chi connectivity index (χ3n) is 3.41. The van der Waals surface area contributed by atoms with E-state index in [0.717, 1.165) is 10.9 Å². The van der Waals surface area contributed by atoms with Crippen molar-refractivity contribution in [2.75, 3.05) is 5.32 Å². The second kappa shape index (κ2) is 6.38. The number of para-hydroxylation sites is 1. The minimum atomic E-state index is -3.57. The van der Waals surface area contributed by atoms with Crippen LogP contribution in [0.5, 0.6) is 0 Å². The summed E-state index contributed by atoms with van der Waals surface area (Å²) in [5.41, 5.74) is 2.16. The number of hydrogen-bond donors (Lipinski definition) is 2. The van der Waals surface area contributed by atoms with Gasteiger partial charge < -0.3 is 5.32 Å². The normalized spacial score (nSPS) is 11.4. The molecule has 6 nitrogen and oxygen atoms in total.